The van der Waals surface area contributed by atoms with Crippen molar-refractivity contribution in [1.82, 2.24) is 9.78 Å². The first-order chi connectivity index (χ1) is 13.8. The fourth-order valence-corrected chi connectivity index (χ4v) is 3.54. The quantitative estimate of drug-likeness (QED) is 0.432. The monoisotopic (exact) mass is 414 g/mol. The molecule has 8 heteroatoms. The van der Waals surface area contributed by atoms with E-state index in [0.717, 1.165) is 26.2 Å². The fraction of sp³-hybridized carbons (Fsp3) is 0.333. The maximum atomic E-state index is 12.7. The first-order valence-corrected chi connectivity index (χ1v) is 10.1. The maximum Gasteiger partial charge on any atom is 0.437 e. The van der Waals surface area contributed by atoms with E-state index >= 15 is 0 Å². The summed E-state index contributed by atoms with van der Waals surface area (Å²) in [5, 5.41) is 5.94. The zero-order valence-electron chi connectivity index (χ0n) is 16.7. The minimum atomic E-state index is -0.918. The number of hydrogen-bond acceptors (Lipinski definition) is 7. The van der Waals surface area contributed by atoms with Crippen LogP contribution in [0, 0.1) is 20.8 Å². The third kappa shape index (κ3) is 4.71. The van der Waals surface area contributed by atoms with Crippen molar-refractivity contribution in [1.29, 1.82) is 0 Å². The van der Waals surface area contributed by atoms with Crippen LogP contribution in [0.1, 0.15) is 40.4 Å². The highest BCUT2D eigenvalue weighted by atomic mass is 32.1. The second-order valence-corrected chi connectivity index (χ2v) is 7.82. The maximum absolute atomic E-state index is 12.7. The SMILES string of the molecule is Cc1cc(C)c(C(=O)C(C)OC(=O)CCn2nc(-c3cccs3)oc2=O)cc1C. The van der Waals surface area contributed by atoms with Crippen LogP contribution in [-0.4, -0.2) is 27.6 Å². The van der Waals surface area contributed by atoms with Crippen LogP contribution in [0.4, 0.5) is 0 Å². The Morgan fingerprint density at radius 1 is 1.21 bits per heavy atom. The highest BCUT2D eigenvalue weighted by Gasteiger charge is 2.22. The number of rotatable bonds is 7. The zero-order chi connectivity index (χ0) is 21.1. The van der Waals surface area contributed by atoms with Crippen LogP contribution in [0.15, 0.2) is 38.9 Å². The molecule has 0 bridgehead atoms. The van der Waals surface area contributed by atoms with Gasteiger partial charge in [0.1, 0.15) is 0 Å². The van der Waals surface area contributed by atoms with E-state index in [0.29, 0.717) is 5.56 Å². The highest BCUT2D eigenvalue weighted by Crippen LogP contribution is 2.21. The van der Waals surface area contributed by atoms with E-state index in [1.165, 1.54) is 11.3 Å². The summed E-state index contributed by atoms with van der Waals surface area (Å²) >= 11 is 1.40. The van der Waals surface area contributed by atoms with Crippen molar-refractivity contribution < 1.29 is 18.7 Å². The van der Waals surface area contributed by atoms with Crippen LogP contribution in [0.2, 0.25) is 0 Å². The molecule has 0 spiro atoms. The first kappa shape index (κ1) is 20.7. The predicted octanol–water partition coefficient (Wildman–Crippen LogP) is 3.69. The van der Waals surface area contributed by atoms with E-state index in [4.69, 9.17) is 9.15 Å². The summed E-state index contributed by atoms with van der Waals surface area (Å²) in [6.45, 7) is 7.33. The van der Waals surface area contributed by atoms with Crippen LogP contribution in [0.25, 0.3) is 10.8 Å². The third-order valence-corrected chi connectivity index (χ3v) is 5.51. The molecule has 1 atom stereocenters. The molecular formula is C21H22N2O5S. The molecule has 29 heavy (non-hydrogen) atoms. The van der Waals surface area contributed by atoms with Gasteiger partial charge in [-0.15, -0.1) is 16.4 Å². The summed E-state index contributed by atoms with van der Waals surface area (Å²) in [7, 11) is 0. The topological polar surface area (TPSA) is 91.4 Å². The number of aryl methyl sites for hydroxylation is 4. The summed E-state index contributed by atoms with van der Waals surface area (Å²) in [6, 6.07) is 7.38. The van der Waals surface area contributed by atoms with Crippen molar-refractivity contribution in [2.45, 2.75) is 46.8 Å². The number of ketones is 1. The molecule has 3 rings (SSSR count). The van der Waals surface area contributed by atoms with E-state index in [9.17, 15) is 14.4 Å². The first-order valence-electron chi connectivity index (χ1n) is 9.19. The Kier molecular flexibility index (Phi) is 6.12. The molecule has 0 aliphatic rings. The van der Waals surface area contributed by atoms with Gasteiger partial charge in [-0.1, -0.05) is 12.1 Å². The summed E-state index contributed by atoms with van der Waals surface area (Å²) < 4.78 is 11.5. The van der Waals surface area contributed by atoms with Crippen molar-refractivity contribution in [3.8, 4) is 10.8 Å². The number of aromatic nitrogens is 2. The van der Waals surface area contributed by atoms with E-state index in [1.54, 1.807) is 13.0 Å². The number of carbonyl (C=O) groups is 2. The second-order valence-electron chi connectivity index (χ2n) is 6.87. The Morgan fingerprint density at radius 2 is 1.93 bits per heavy atom. The van der Waals surface area contributed by atoms with Crippen molar-refractivity contribution in [3.63, 3.8) is 0 Å². The molecule has 0 saturated heterocycles. The molecule has 152 valence electrons. The summed E-state index contributed by atoms with van der Waals surface area (Å²) in [5.74, 6) is -1.26. The standard InChI is InChI=1S/C21H22N2O5S/c1-12-10-14(3)16(11-13(12)2)19(25)15(4)27-18(24)7-8-23-21(26)28-20(22-23)17-6-5-9-29-17/h5-6,9-11,15H,7-8H2,1-4H3. The summed E-state index contributed by atoms with van der Waals surface area (Å²) in [5.41, 5.74) is 3.49. The molecule has 0 radical (unpaired) electrons. The number of thiophene rings is 1. The van der Waals surface area contributed by atoms with Gasteiger partial charge in [0.15, 0.2) is 6.10 Å². The largest absolute Gasteiger partial charge is 0.454 e. The molecule has 0 saturated carbocycles. The van der Waals surface area contributed by atoms with Crippen molar-refractivity contribution in [2.75, 3.05) is 0 Å². The number of carbonyl (C=O) groups excluding carboxylic acids is 2. The molecule has 1 aromatic carbocycles. The van der Waals surface area contributed by atoms with Crippen LogP contribution in [0.5, 0.6) is 0 Å². The molecule has 0 aliphatic carbocycles. The van der Waals surface area contributed by atoms with Gasteiger partial charge in [0.2, 0.25) is 5.78 Å². The van der Waals surface area contributed by atoms with Gasteiger partial charge < -0.3 is 9.15 Å². The van der Waals surface area contributed by atoms with Crippen LogP contribution >= 0.6 is 11.3 Å². The molecule has 0 aliphatic heterocycles. The number of hydrogen-bond donors (Lipinski definition) is 0. The number of nitrogens with zero attached hydrogens (tertiary/aromatic N) is 2. The minimum Gasteiger partial charge on any atom is -0.454 e. The molecule has 2 aromatic heterocycles. The second kappa shape index (κ2) is 8.57. The minimum absolute atomic E-state index is 0.0100. The number of ether oxygens (including phenoxy) is 1. The molecule has 1 unspecified atom stereocenters. The van der Waals surface area contributed by atoms with Gasteiger partial charge in [-0.25, -0.2) is 4.79 Å². The number of Topliss-reactive ketones (excluding diaryl/α,β-unsaturated/α-hetero) is 1. The fourth-order valence-electron chi connectivity index (χ4n) is 2.90. The molecule has 0 N–H and O–H groups in total. The van der Waals surface area contributed by atoms with Gasteiger partial charge in [-0.05, 0) is 61.9 Å². The lowest BCUT2D eigenvalue weighted by Crippen LogP contribution is -2.26. The highest BCUT2D eigenvalue weighted by molar-refractivity contribution is 7.13. The van der Waals surface area contributed by atoms with Crippen LogP contribution in [0.3, 0.4) is 0 Å². The van der Waals surface area contributed by atoms with E-state index in [1.807, 2.05) is 44.4 Å². The molecule has 3 aromatic rings. The lowest BCUT2D eigenvalue weighted by molar-refractivity contribution is -0.146. The Bertz CT molecular complexity index is 1090. The Hall–Kier alpha value is -3.00. The van der Waals surface area contributed by atoms with Gasteiger partial charge >= 0.3 is 11.7 Å². The van der Waals surface area contributed by atoms with Gasteiger partial charge in [-0.2, -0.15) is 4.68 Å². The van der Waals surface area contributed by atoms with E-state index < -0.39 is 17.8 Å². The van der Waals surface area contributed by atoms with Crippen molar-refractivity contribution >= 4 is 23.1 Å². The number of benzene rings is 1. The average molecular weight is 414 g/mol. The van der Waals surface area contributed by atoms with E-state index in [-0.39, 0.29) is 24.6 Å². The lowest BCUT2D eigenvalue weighted by atomic mass is 9.96. The third-order valence-electron chi connectivity index (χ3n) is 4.65. The predicted molar refractivity (Wildman–Crippen MR) is 109 cm³/mol. The normalized spacial score (nSPS) is 12.0. The Labute approximate surface area is 171 Å². The summed E-state index contributed by atoms with van der Waals surface area (Å²) in [4.78, 5) is 37.5. The number of esters is 1. The molecule has 2 heterocycles. The van der Waals surface area contributed by atoms with Gasteiger partial charge in [0.05, 0.1) is 17.8 Å². The van der Waals surface area contributed by atoms with Gasteiger partial charge in [-0.3, -0.25) is 9.59 Å². The van der Waals surface area contributed by atoms with Gasteiger partial charge in [0.25, 0.3) is 5.89 Å². The average Bonchev–Trinajstić information content (AvgIpc) is 3.32. The molecule has 0 fully saturated rings. The summed E-state index contributed by atoms with van der Waals surface area (Å²) in [6.07, 6.45) is -1.01. The Balaban J connectivity index is 1.60. The zero-order valence-corrected chi connectivity index (χ0v) is 17.5. The molecular weight excluding hydrogens is 392 g/mol. The van der Waals surface area contributed by atoms with E-state index in [2.05, 4.69) is 5.10 Å². The van der Waals surface area contributed by atoms with Crippen molar-refractivity contribution in [2.24, 2.45) is 0 Å². The Morgan fingerprint density at radius 3 is 2.62 bits per heavy atom. The van der Waals surface area contributed by atoms with Crippen molar-refractivity contribution in [3.05, 3.63) is 62.4 Å². The smallest absolute Gasteiger partial charge is 0.437 e. The van der Waals surface area contributed by atoms with Crippen LogP contribution < -0.4 is 5.76 Å². The van der Waals surface area contributed by atoms with Crippen LogP contribution in [-0.2, 0) is 16.1 Å². The van der Waals surface area contributed by atoms with Gasteiger partial charge in [0, 0.05) is 5.56 Å². The molecule has 0 amide bonds. The lowest BCUT2D eigenvalue weighted by Gasteiger charge is -2.15. The molecule has 7 nitrogen and oxygen atoms in total.